The van der Waals surface area contributed by atoms with Gasteiger partial charge in [-0.1, -0.05) is 32.0 Å². The number of hydrogen-bond donors (Lipinski definition) is 1. The van der Waals surface area contributed by atoms with Crippen LogP contribution in [0.5, 0.6) is 5.75 Å². The molecule has 1 atom stereocenters. The van der Waals surface area contributed by atoms with E-state index in [-0.39, 0.29) is 17.7 Å². The minimum atomic E-state index is -0.125. The lowest BCUT2D eigenvalue weighted by atomic mass is 9.94. The molecule has 0 aromatic heterocycles. The van der Waals surface area contributed by atoms with E-state index < -0.39 is 0 Å². The number of hydrogen-bond acceptors (Lipinski definition) is 3. The molecule has 0 radical (unpaired) electrons. The third-order valence-corrected chi connectivity index (χ3v) is 3.35. The molecule has 0 bridgehead atoms. The Morgan fingerprint density at radius 2 is 2.00 bits per heavy atom. The predicted octanol–water partition coefficient (Wildman–Crippen LogP) is 1.88. The third kappa shape index (κ3) is 3.96. The van der Waals surface area contributed by atoms with Crippen LogP contribution in [0, 0.1) is 11.8 Å². The Bertz CT molecular complexity index is 418. The van der Waals surface area contributed by atoms with E-state index in [0.29, 0.717) is 13.1 Å². The van der Waals surface area contributed by atoms with E-state index in [9.17, 15) is 4.79 Å². The number of para-hydroxylation sites is 1. The molecule has 0 spiro atoms. The smallest absolute Gasteiger partial charge is 0.227 e. The minimum absolute atomic E-state index is 0.0865. The number of methoxy groups -OCH3 is 1. The van der Waals surface area contributed by atoms with Crippen LogP contribution in [-0.4, -0.2) is 31.5 Å². The van der Waals surface area contributed by atoms with Crippen LogP contribution in [0.3, 0.4) is 0 Å². The zero-order valence-corrected chi connectivity index (χ0v) is 12.2. The van der Waals surface area contributed by atoms with Gasteiger partial charge < -0.3 is 15.4 Å². The molecular formula is C15H24N2O2. The fourth-order valence-electron chi connectivity index (χ4n) is 2.11. The molecule has 1 unspecified atom stereocenters. The molecule has 0 aliphatic heterocycles. The molecule has 2 N–H and O–H groups in total. The number of nitrogens with two attached hydrogens (primary N) is 1. The van der Waals surface area contributed by atoms with Gasteiger partial charge in [-0.15, -0.1) is 0 Å². The van der Waals surface area contributed by atoms with E-state index in [1.807, 2.05) is 38.1 Å². The molecule has 0 heterocycles. The highest BCUT2D eigenvalue weighted by Gasteiger charge is 2.24. The number of rotatable bonds is 6. The highest BCUT2D eigenvalue weighted by Crippen LogP contribution is 2.20. The predicted molar refractivity (Wildman–Crippen MR) is 76.9 cm³/mol. The number of carbonyl (C=O) groups is 1. The zero-order chi connectivity index (χ0) is 14.4. The first kappa shape index (κ1) is 15.5. The molecule has 0 aliphatic carbocycles. The van der Waals surface area contributed by atoms with Crippen molar-refractivity contribution in [3.05, 3.63) is 29.8 Å². The Labute approximate surface area is 115 Å². The largest absolute Gasteiger partial charge is 0.496 e. The lowest BCUT2D eigenvalue weighted by molar-refractivity contribution is -0.135. The number of nitrogens with zero attached hydrogens (tertiary/aromatic N) is 1. The lowest BCUT2D eigenvalue weighted by Crippen LogP contribution is -2.38. The molecule has 1 amide bonds. The van der Waals surface area contributed by atoms with Gasteiger partial charge in [-0.3, -0.25) is 4.79 Å². The first-order valence-corrected chi connectivity index (χ1v) is 6.58. The number of benzene rings is 1. The van der Waals surface area contributed by atoms with Crippen LogP contribution in [0.2, 0.25) is 0 Å². The van der Waals surface area contributed by atoms with Gasteiger partial charge in [0, 0.05) is 25.7 Å². The van der Waals surface area contributed by atoms with E-state index >= 15 is 0 Å². The van der Waals surface area contributed by atoms with Gasteiger partial charge in [-0.05, 0) is 12.0 Å². The fourth-order valence-corrected chi connectivity index (χ4v) is 2.11. The Balaban J connectivity index is 2.78. The number of ether oxygens (including phenoxy) is 1. The fraction of sp³-hybridized carbons (Fsp3) is 0.533. The summed E-state index contributed by atoms with van der Waals surface area (Å²) in [7, 11) is 3.44. The standard InChI is InChI=1S/C15H24N2O2/c1-11(2)13(9-16)15(18)17(3)10-12-7-5-6-8-14(12)19-4/h5-8,11,13H,9-10,16H2,1-4H3. The maximum Gasteiger partial charge on any atom is 0.227 e. The maximum absolute atomic E-state index is 12.3. The molecule has 4 heteroatoms. The second kappa shape index (κ2) is 7.14. The first-order valence-electron chi connectivity index (χ1n) is 6.58. The monoisotopic (exact) mass is 264 g/mol. The Morgan fingerprint density at radius 3 is 2.53 bits per heavy atom. The van der Waals surface area contributed by atoms with Crippen molar-refractivity contribution in [3.63, 3.8) is 0 Å². The molecule has 4 nitrogen and oxygen atoms in total. The van der Waals surface area contributed by atoms with Crippen molar-refractivity contribution in [1.82, 2.24) is 4.90 Å². The summed E-state index contributed by atoms with van der Waals surface area (Å²) in [5.74, 6) is 1.01. The van der Waals surface area contributed by atoms with Gasteiger partial charge in [0.1, 0.15) is 5.75 Å². The summed E-state index contributed by atoms with van der Waals surface area (Å²) in [6, 6.07) is 7.73. The average Bonchev–Trinajstić information content (AvgIpc) is 2.39. The Morgan fingerprint density at radius 1 is 1.37 bits per heavy atom. The second-order valence-electron chi connectivity index (χ2n) is 5.09. The maximum atomic E-state index is 12.3. The van der Waals surface area contributed by atoms with Gasteiger partial charge >= 0.3 is 0 Å². The van der Waals surface area contributed by atoms with Crippen molar-refractivity contribution in [2.24, 2.45) is 17.6 Å². The second-order valence-corrected chi connectivity index (χ2v) is 5.09. The summed E-state index contributed by atoms with van der Waals surface area (Å²) in [6.45, 7) is 4.96. The molecule has 0 aliphatic rings. The summed E-state index contributed by atoms with van der Waals surface area (Å²) >= 11 is 0. The summed E-state index contributed by atoms with van der Waals surface area (Å²) in [5.41, 5.74) is 6.69. The van der Waals surface area contributed by atoms with Crippen LogP contribution in [0.4, 0.5) is 0 Å². The van der Waals surface area contributed by atoms with Gasteiger partial charge in [0.05, 0.1) is 13.0 Å². The van der Waals surface area contributed by atoms with Crippen molar-refractivity contribution in [2.45, 2.75) is 20.4 Å². The molecule has 1 aromatic carbocycles. The molecule has 19 heavy (non-hydrogen) atoms. The quantitative estimate of drug-likeness (QED) is 0.853. The van der Waals surface area contributed by atoms with Crippen LogP contribution in [0.25, 0.3) is 0 Å². The lowest BCUT2D eigenvalue weighted by Gasteiger charge is -2.25. The van der Waals surface area contributed by atoms with Crippen molar-refractivity contribution in [3.8, 4) is 5.75 Å². The van der Waals surface area contributed by atoms with E-state index in [4.69, 9.17) is 10.5 Å². The summed E-state index contributed by atoms with van der Waals surface area (Å²) in [6.07, 6.45) is 0. The van der Waals surface area contributed by atoms with E-state index in [1.165, 1.54) is 0 Å². The van der Waals surface area contributed by atoms with Crippen molar-refractivity contribution in [1.29, 1.82) is 0 Å². The molecule has 0 saturated carbocycles. The molecular weight excluding hydrogens is 240 g/mol. The van der Waals surface area contributed by atoms with Crippen LogP contribution < -0.4 is 10.5 Å². The van der Waals surface area contributed by atoms with Gasteiger partial charge in [0.15, 0.2) is 0 Å². The number of carbonyl (C=O) groups excluding carboxylic acids is 1. The van der Waals surface area contributed by atoms with Crippen LogP contribution in [0.1, 0.15) is 19.4 Å². The van der Waals surface area contributed by atoms with E-state index in [0.717, 1.165) is 11.3 Å². The summed E-state index contributed by atoms with van der Waals surface area (Å²) < 4.78 is 5.30. The number of amides is 1. The highest BCUT2D eigenvalue weighted by atomic mass is 16.5. The average molecular weight is 264 g/mol. The SMILES string of the molecule is COc1ccccc1CN(C)C(=O)C(CN)C(C)C. The minimum Gasteiger partial charge on any atom is -0.496 e. The normalized spacial score (nSPS) is 12.3. The van der Waals surface area contributed by atoms with Gasteiger partial charge in [-0.25, -0.2) is 0 Å². The molecule has 0 saturated heterocycles. The topological polar surface area (TPSA) is 55.6 Å². The summed E-state index contributed by atoms with van der Waals surface area (Å²) in [4.78, 5) is 14.0. The van der Waals surface area contributed by atoms with Crippen LogP contribution >= 0.6 is 0 Å². The van der Waals surface area contributed by atoms with Crippen molar-refractivity contribution < 1.29 is 9.53 Å². The van der Waals surface area contributed by atoms with Gasteiger partial charge in [0.2, 0.25) is 5.91 Å². The van der Waals surface area contributed by atoms with E-state index in [1.54, 1.807) is 19.1 Å². The van der Waals surface area contributed by atoms with Crippen molar-refractivity contribution in [2.75, 3.05) is 20.7 Å². The van der Waals surface area contributed by atoms with Crippen LogP contribution in [-0.2, 0) is 11.3 Å². The highest BCUT2D eigenvalue weighted by molar-refractivity contribution is 5.79. The first-order chi connectivity index (χ1) is 9.01. The molecule has 1 rings (SSSR count). The zero-order valence-electron chi connectivity index (χ0n) is 12.2. The summed E-state index contributed by atoms with van der Waals surface area (Å²) in [5, 5.41) is 0. The Kier molecular flexibility index (Phi) is 5.83. The van der Waals surface area contributed by atoms with Crippen molar-refractivity contribution >= 4 is 5.91 Å². The molecule has 0 fully saturated rings. The molecule has 106 valence electrons. The van der Waals surface area contributed by atoms with E-state index in [2.05, 4.69) is 0 Å². The van der Waals surface area contributed by atoms with Gasteiger partial charge in [0.25, 0.3) is 0 Å². The molecule has 1 aromatic rings. The van der Waals surface area contributed by atoms with Crippen LogP contribution in [0.15, 0.2) is 24.3 Å². The van der Waals surface area contributed by atoms with Gasteiger partial charge in [-0.2, -0.15) is 0 Å². The third-order valence-electron chi connectivity index (χ3n) is 3.35. The Hall–Kier alpha value is -1.55.